The highest BCUT2D eigenvalue weighted by atomic mass is 16.2. The Kier molecular flexibility index (Phi) is 4.66. The van der Waals surface area contributed by atoms with E-state index < -0.39 is 0 Å². The normalized spacial score (nSPS) is 25.4. The number of hydrogen-bond donors (Lipinski definition) is 1. The Balaban J connectivity index is 1.91. The molecule has 2 aliphatic rings. The van der Waals surface area contributed by atoms with Crippen LogP contribution < -0.4 is 5.32 Å². The standard InChI is InChI=1S/C15H28N2O/c1-11(2)9-17(10-14-5-4-8-16-14)15(18)12(3)13-6-7-13/h11-14,16H,4-10H2,1-3H3. The van der Waals surface area contributed by atoms with Gasteiger partial charge in [0.2, 0.25) is 5.91 Å². The van der Waals surface area contributed by atoms with Crippen molar-refractivity contribution in [2.75, 3.05) is 19.6 Å². The van der Waals surface area contributed by atoms with Crippen molar-refractivity contribution in [2.45, 2.75) is 52.5 Å². The average Bonchev–Trinajstić information content (AvgIpc) is 3.05. The van der Waals surface area contributed by atoms with Crippen LogP contribution in [0.25, 0.3) is 0 Å². The third kappa shape index (κ3) is 3.71. The predicted octanol–water partition coefficient (Wildman–Crippen LogP) is 2.27. The van der Waals surface area contributed by atoms with Crippen LogP contribution in [0.2, 0.25) is 0 Å². The molecule has 1 N–H and O–H groups in total. The first-order chi connectivity index (χ1) is 8.58. The summed E-state index contributed by atoms with van der Waals surface area (Å²) in [4.78, 5) is 14.7. The second kappa shape index (κ2) is 6.05. The van der Waals surface area contributed by atoms with Crippen LogP contribution in [-0.4, -0.2) is 36.5 Å². The number of nitrogens with zero attached hydrogens (tertiary/aromatic N) is 1. The average molecular weight is 252 g/mol. The van der Waals surface area contributed by atoms with Crippen molar-refractivity contribution in [3.8, 4) is 0 Å². The molecule has 1 aliphatic heterocycles. The van der Waals surface area contributed by atoms with E-state index in [0.29, 0.717) is 23.8 Å². The molecule has 0 aromatic rings. The fraction of sp³-hybridized carbons (Fsp3) is 0.933. The van der Waals surface area contributed by atoms with Crippen molar-refractivity contribution in [1.29, 1.82) is 0 Å². The van der Waals surface area contributed by atoms with E-state index in [9.17, 15) is 4.79 Å². The van der Waals surface area contributed by atoms with E-state index in [2.05, 4.69) is 31.0 Å². The van der Waals surface area contributed by atoms with Crippen molar-refractivity contribution < 1.29 is 4.79 Å². The molecule has 2 fully saturated rings. The summed E-state index contributed by atoms with van der Waals surface area (Å²) in [6, 6.07) is 0.527. The van der Waals surface area contributed by atoms with Crippen molar-refractivity contribution in [3.63, 3.8) is 0 Å². The number of carbonyl (C=O) groups excluding carboxylic acids is 1. The largest absolute Gasteiger partial charge is 0.341 e. The first-order valence-electron chi connectivity index (χ1n) is 7.60. The molecule has 0 aromatic heterocycles. The van der Waals surface area contributed by atoms with E-state index in [1.807, 2.05) is 0 Å². The molecule has 0 radical (unpaired) electrons. The third-order valence-electron chi connectivity index (χ3n) is 4.22. The van der Waals surface area contributed by atoms with Gasteiger partial charge in [0.05, 0.1) is 0 Å². The van der Waals surface area contributed by atoms with Gasteiger partial charge in [-0.3, -0.25) is 4.79 Å². The molecule has 0 bridgehead atoms. The van der Waals surface area contributed by atoms with Crippen LogP contribution in [-0.2, 0) is 4.79 Å². The molecule has 3 nitrogen and oxygen atoms in total. The fourth-order valence-electron chi connectivity index (χ4n) is 2.96. The van der Waals surface area contributed by atoms with Crippen LogP contribution in [0.5, 0.6) is 0 Å². The molecular formula is C15H28N2O. The lowest BCUT2D eigenvalue weighted by atomic mass is 10.0. The van der Waals surface area contributed by atoms with Gasteiger partial charge in [-0.1, -0.05) is 20.8 Å². The molecule has 1 heterocycles. The Morgan fingerprint density at radius 2 is 2.00 bits per heavy atom. The lowest BCUT2D eigenvalue weighted by molar-refractivity contribution is -0.136. The van der Waals surface area contributed by atoms with E-state index in [4.69, 9.17) is 0 Å². The second-order valence-corrected chi connectivity index (χ2v) is 6.56. The Morgan fingerprint density at radius 3 is 2.50 bits per heavy atom. The molecule has 3 heteroatoms. The van der Waals surface area contributed by atoms with Gasteiger partial charge in [0.1, 0.15) is 0 Å². The van der Waals surface area contributed by atoms with Gasteiger partial charge in [0.15, 0.2) is 0 Å². The van der Waals surface area contributed by atoms with Gasteiger partial charge in [-0.05, 0) is 44.1 Å². The molecule has 1 aliphatic carbocycles. The summed E-state index contributed by atoms with van der Waals surface area (Å²) in [5.41, 5.74) is 0. The topological polar surface area (TPSA) is 32.3 Å². The van der Waals surface area contributed by atoms with Crippen LogP contribution in [0.1, 0.15) is 46.5 Å². The number of rotatable bonds is 6. The summed E-state index contributed by atoms with van der Waals surface area (Å²) in [6.45, 7) is 9.46. The monoisotopic (exact) mass is 252 g/mol. The van der Waals surface area contributed by atoms with Gasteiger partial charge in [-0.2, -0.15) is 0 Å². The first-order valence-corrected chi connectivity index (χ1v) is 7.60. The van der Waals surface area contributed by atoms with Crippen molar-refractivity contribution in [3.05, 3.63) is 0 Å². The van der Waals surface area contributed by atoms with Crippen LogP contribution in [0.3, 0.4) is 0 Å². The number of amides is 1. The molecule has 104 valence electrons. The molecule has 0 spiro atoms. The molecule has 2 rings (SSSR count). The molecule has 2 unspecified atom stereocenters. The zero-order valence-corrected chi connectivity index (χ0v) is 12.1. The SMILES string of the molecule is CC(C)CN(CC1CCCN1)C(=O)C(C)C1CC1. The molecule has 2 atom stereocenters. The molecule has 1 saturated carbocycles. The summed E-state index contributed by atoms with van der Waals surface area (Å²) in [6.07, 6.45) is 4.99. The molecule has 1 amide bonds. The molecule has 18 heavy (non-hydrogen) atoms. The van der Waals surface area contributed by atoms with Gasteiger partial charge in [-0.15, -0.1) is 0 Å². The number of hydrogen-bond acceptors (Lipinski definition) is 2. The highest BCUT2D eigenvalue weighted by Gasteiger charge is 2.35. The van der Waals surface area contributed by atoms with Crippen LogP contribution in [0.15, 0.2) is 0 Å². The summed E-state index contributed by atoms with van der Waals surface area (Å²) in [5, 5.41) is 3.51. The highest BCUT2D eigenvalue weighted by molar-refractivity contribution is 5.79. The van der Waals surface area contributed by atoms with Gasteiger partial charge < -0.3 is 10.2 Å². The maximum atomic E-state index is 12.5. The Morgan fingerprint density at radius 1 is 1.28 bits per heavy atom. The number of nitrogens with one attached hydrogen (secondary N) is 1. The molecular weight excluding hydrogens is 224 g/mol. The van der Waals surface area contributed by atoms with E-state index in [1.165, 1.54) is 25.7 Å². The first kappa shape index (κ1) is 13.9. The Hall–Kier alpha value is -0.570. The van der Waals surface area contributed by atoms with E-state index >= 15 is 0 Å². The lowest BCUT2D eigenvalue weighted by Gasteiger charge is -2.30. The zero-order chi connectivity index (χ0) is 13.1. The lowest BCUT2D eigenvalue weighted by Crippen LogP contribution is -2.45. The Bertz CT molecular complexity index is 280. The Labute approximate surface area is 111 Å². The van der Waals surface area contributed by atoms with Crippen molar-refractivity contribution in [2.24, 2.45) is 17.8 Å². The third-order valence-corrected chi connectivity index (χ3v) is 4.22. The minimum atomic E-state index is 0.241. The minimum Gasteiger partial charge on any atom is -0.341 e. The summed E-state index contributed by atoms with van der Waals surface area (Å²) >= 11 is 0. The van der Waals surface area contributed by atoms with Gasteiger partial charge in [-0.25, -0.2) is 0 Å². The van der Waals surface area contributed by atoms with Gasteiger partial charge in [0.25, 0.3) is 0 Å². The predicted molar refractivity (Wildman–Crippen MR) is 74.3 cm³/mol. The summed E-state index contributed by atoms with van der Waals surface area (Å²) in [7, 11) is 0. The van der Waals surface area contributed by atoms with Crippen LogP contribution in [0, 0.1) is 17.8 Å². The van der Waals surface area contributed by atoms with Gasteiger partial charge >= 0.3 is 0 Å². The summed E-state index contributed by atoms with van der Waals surface area (Å²) < 4.78 is 0. The maximum Gasteiger partial charge on any atom is 0.225 e. The van der Waals surface area contributed by atoms with E-state index in [0.717, 1.165) is 19.6 Å². The van der Waals surface area contributed by atoms with Crippen molar-refractivity contribution >= 4 is 5.91 Å². The molecule has 1 saturated heterocycles. The highest BCUT2D eigenvalue weighted by Crippen LogP contribution is 2.37. The minimum absolute atomic E-state index is 0.241. The second-order valence-electron chi connectivity index (χ2n) is 6.56. The van der Waals surface area contributed by atoms with Crippen molar-refractivity contribution in [1.82, 2.24) is 10.2 Å². The maximum absolute atomic E-state index is 12.5. The fourth-order valence-corrected chi connectivity index (χ4v) is 2.96. The van der Waals surface area contributed by atoms with Gasteiger partial charge in [0, 0.05) is 25.0 Å². The quantitative estimate of drug-likeness (QED) is 0.786. The van der Waals surface area contributed by atoms with E-state index in [1.54, 1.807) is 0 Å². The summed E-state index contributed by atoms with van der Waals surface area (Å²) in [5.74, 6) is 1.86. The van der Waals surface area contributed by atoms with E-state index in [-0.39, 0.29) is 5.92 Å². The van der Waals surface area contributed by atoms with Crippen LogP contribution in [0.4, 0.5) is 0 Å². The molecule has 0 aromatic carbocycles. The van der Waals surface area contributed by atoms with Crippen LogP contribution >= 0.6 is 0 Å². The smallest absolute Gasteiger partial charge is 0.225 e. The number of carbonyl (C=O) groups is 1. The zero-order valence-electron chi connectivity index (χ0n) is 12.1.